The minimum Gasteiger partial charge on any atom is -0.508 e. The summed E-state index contributed by atoms with van der Waals surface area (Å²) in [6.45, 7) is 8.93. The zero-order chi connectivity index (χ0) is 25.3. The van der Waals surface area contributed by atoms with E-state index < -0.39 is 47.8 Å². The fourth-order valence-electron chi connectivity index (χ4n) is 4.47. The number of rotatable bonds is 10. The van der Waals surface area contributed by atoms with Crippen LogP contribution in [0, 0.1) is 11.8 Å². The summed E-state index contributed by atoms with van der Waals surface area (Å²) in [6, 6.07) is 5.62. The summed E-state index contributed by atoms with van der Waals surface area (Å²) in [5.74, 6) is -3.27. The number of nitrogens with one attached hydrogen (secondary N) is 2. The van der Waals surface area contributed by atoms with Gasteiger partial charge in [-0.3, -0.25) is 9.59 Å². The number of carbonyl (C=O) groups excluding carboxylic acids is 2. The lowest BCUT2D eigenvalue weighted by molar-refractivity contribution is -0.159. The van der Waals surface area contributed by atoms with Gasteiger partial charge >= 0.3 is 11.9 Å². The first-order chi connectivity index (χ1) is 15.8. The second kappa shape index (κ2) is 10.1. The van der Waals surface area contributed by atoms with Crippen molar-refractivity contribution < 1.29 is 32.6 Å². The van der Waals surface area contributed by atoms with E-state index in [1.165, 1.54) is 6.07 Å². The molecular weight excluding hydrogens is 476 g/mol. The van der Waals surface area contributed by atoms with Crippen LogP contribution in [0.3, 0.4) is 0 Å². The first-order valence-corrected chi connectivity index (χ1v) is 17.0. The van der Waals surface area contributed by atoms with Gasteiger partial charge in [0.25, 0.3) is 0 Å². The van der Waals surface area contributed by atoms with Crippen LogP contribution in [0.15, 0.2) is 23.9 Å². The number of ether oxygens (including phenoxy) is 2. The number of hydrogen-bond acceptors (Lipinski definition) is 8. The molecule has 34 heavy (non-hydrogen) atoms. The number of fused-ring (bicyclic) bond motifs is 2. The summed E-state index contributed by atoms with van der Waals surface area (Å²) in [7, 11) is -5.01. The minimum absolute atomic E-state index is 0.00385. The molecule has 0 aromatic heterocycles. The molecule has 188 valence electrons. The average Bonchev–Trinajstić information content (AvgIpc) is 2.73. The molecule has 0 radical (unpaired) electrons. The molecule has 0 amide bonds. The molecule has 0 saturated carbocycles. The van der Waals surface area contributed by atoms with Crippen molar-refractivity contribution >= 4 is 35.6 Å². The van der Waals surface area contributed by atoms with E-state index in [-0.39, 0.29) is 19.0 Å². The summed E-state index contributed by atoms with van der Waals surface area (Å²) in [5.41, 5.74) is 5.04. The van der Waals surface area contributed by atoms with Crippen molar-refractivity contribution in [3.8, 4) is 5.75 Å². The van der Waals surface area contributed by atoms with Gasteiger partial charge in [0.15, 0.2) is 0 Å². The molecule has 1 aromatic rings. The molecular formula is C23H34N2O7SSi. The smallest absolute Gasteiger partial charge is 0.314 e. The van der Waals surface area contributed by atoms with Crippen molar-refractivity contribution in [2.75, 3.05) is 19.5 Å². The van der Waals surface area contributed by atoms with Gasteiger partial charge in [-0.1, -0.05) is 32.6 Å². The number of aromatic hydroxyl groups is 1. The Kier molecular flexibility index (Phi) is 7.78. The monoisotopic (exact) mass is 510 g/mol. The molecule has 2 bridgehead atoms. The van der Waals surface area contributed by atoms with Crippen LogP contribution in [0.5, 0.6) is 5.75 Å². The van der Waals surface area contributed by atoms with Gasteiger partial charge in [0, 0.05) is 19.7 Å². The molecule has 3 aliphatic carbocycles. The number of hydrazine groups is 1. The molecule has 3 aliphatic rings. The van der Waals surface area contributed by atoms with Crippen LogP contribution in [0.4, 0.5) is 0 Å². The highest BCUT2D eigenvalue weighted by Gasteiger charge is 2.53. The van der Waals surface area contributed by atoms with Crippen LogP contribution >= 0.6 is 0 Å². The van der Waals surface area contributed by atoms with Crippen LogP contribution in [-0.2, 0) is 29.1 Å². The lowest BCUT2D eigenvalue weighted by Crippen LogP contribution is -2.48. The first-order valence-electron chi connectivity index (χ1n) is 11.4. The first kappa shape index (κ1) is 26.2. The van der Waals surface area contributed by atoms with E-state index in [0.29, 0.717) is 29.7 Å². The summed E-state index contributed by atoms with van der Waals surface area (Å²) < 4.78 is 34.5. The second-order valence-corrected chi connectivity index (χ2v) is 17.5. The Morgan fingerprint density at radius 2 is 1.82 bits per heavy atom. The van der Waals surface area contributed by atoms with Crippen molar-refractivity contribution in [1.82, 2.24) is 10.3 Å². The van der Waals surface area contributed by atoms with Gasteiger partial charge in [0.1, 0.15) is 5.75 Å². The molecule has 0 spiro atoms. The molecule has 3 N–H and O–H groups in total. The third kappa shape index (κ3) is 6.00. The molecule has 0 saturated heterocycles. The molecule has 1 unspecified atom stereocenters. The van der Waals surface area contributed by atoms with Crippen molar-refractivity contribution in [3.63, 3.8) is 0 Å². The number of hydrogen-bond donors (Lipinski definition) is 3. The van der Waals surface area contributed by atoms with E-state index in [0.717, 1.165) is 17.9 Å². The lowest BCUT2D eigenvalue weighted by atomic mass is 9.60. The normalized spacial score (nSPS) is 21.7. The van der Waals surface area contributed by atoms with Crippen molar-refractivity contribution in [2.45, 2.75) is 51.4 Å². The van der Waals surface area contributed by atoms with Crippen molar-refractivity contribution in [3.05, 3.63) is 35.0 Å². The number of sulfonamides is 1. The van der Waals surface area contributed by atoms with Gasteiger partial charge in [0.05, 0.1) is 31.3 Å². The van der Waals surface area contributed by atoms with Gasteiger partial charge in [-0.2, -0.15) is 0 Å². The maximum absolute atomic E-state index is 13.3. The highest BCUT2D eigenvalue weighted by molar-refractivity contribution is 7.88. The highest BCUT2D eigenvalue weighted by atomic mass is 32.2. The molecule has 3 atom stereocenters. The number of allylic oxidation sites excluding steroid dienone is 1. The fraction of sp³-hybridized carbons (Fsp3) is 0.565. The Hall–Kier alpha value is -2.37. The summed E-state index contributed by atoms with van der Waals surface area (Å²) >= 11 is 0. The van der Waals surface area contributed by atoms with Crippen LogP contribution in [0.25, 0.3) is 5.57 Å². The number of phenolic OH excluding ortho intramolecular Hbond substituents is 1. The largest absolute Gasteiger partial charge is 0.508 e. The third-order valence-electron chi connectivity index (χ3n) is 6.04. The van der Waals surface area contributed by atoms with Gasteiger partial charge in [-0.15, -0.1) is 4.83 Å². The maximum atomic E-state index is 13.3. The topological polar surface area (TPSA) is 131 Å². The van der Waals surface area contributed by atoms with Gasteiger partial charge < -0.3 is 20.0 Å². The van der Waals surface area contributed by atoms with Crippen LogP contribution in [-0.4, -0.2) is 53.0 Å². The van der Waals surface area contributed by atoms with E-state index in [9.17, 15) is 23.1 Å². The summed E-state index contributed by atoms with van der Waals surface area (Å²) in [4.78, 5) is 28.9. The Balaban J connectivity index is 2.06. The maximum Gasteiger partial charge on any atom is 0.314 e. The van der Waals surface area contributed by atoms with Crippen molar-refractivity contribution in [2.24, 2.45) is 11.8 Å². The van der Waals surface area contributed by atoms with Crippen molar-refractivity contribution in [1.29, 1.82) is 0 Å². The van der Waals surface area contributed by atoms with E-state index in [4.69, 9.17) is 9.47 Å². The predicted octanol–water partition coefficient (Wildman–Crippen LogP) is 2.73. The Morgan fingerprint density at radius 3 is 2.44 bits per heavy atom. The van der Waals surface area contributed by atoms with Crippen LogP contribution in [0.1, 0.15) is 36.8 Å². The van der Waals surface area contributed by atoms with Crippen LogP contribution in [0.2, 0.25) is 25.7 Å². The van der Waals surface area contributed by atoms with Gasteiger partial charge in [-0.05, 0) is 47.7 Å². The average molecular weight is 511 g/mol. The zero-order valence-electron chi connectivity index (χ0n) is 20.3. The number of esters is 2. The standard InChI is InChI=1S/C23H34N2O7SSi/c1-6-9-31-23(28)21-19-16-12-14(26)7-8-15(16)17(13-18(19)24-25-33(2,29)30)20(21)22(27)32-10-11-34(3,4)5/h7-8,12,17,20-21,24-26H,6,9-11,13H2,1-5H3/t17?,20-,21-/m1/s1. The predicted molar refractivity (Wildman–Crippen MR) is 131 cm³/mol. The molecule has 0 fully saturated rings. The van der Waals surface area contributed by atoms with E-state index in [1.807, 2.05) is 6.92 Å². The van der Waals surface area contributed by atoms with E-state index in [1.54, 1.807) is 12.1 Å². The molecule has 9 nitrogen and oxygen atoms in total. The molecule has 1 aromatic carbocycles. The minimum atomic E-state index is -3.58. The van der Waals surface area contributed by atoms with E-state index in [2.05, 4.69) is 29.9 Å². The van der Waals surface area contributed by atoms with Gasteiger partial charge in [-0.25, -0.2) is 8.42 Å². The number of carbonyl (C=O) groups is 2. The lowest BCUT2D eigenvalue weighted by Gasteiger charge is -2.44. The summed E-state index contributed by atoms with van der Waals surface area (Å²) in [6.07, 6.45) is 1.93. The van der Waals surface area contributed by atoms with E-state index >= 15 is 0 Å². The summed E-state index contributed by atoms with van der Waals surface area (Å²) in [5, 5.41) is 10.1. The zero-order valence-corrected chi connectivity index (χ0v) is 22.1. The molecule has 0 heterocycles. The number of benzene rings is 1. The molecule has 11 heteroatoms. The SMILES string of the molecule is CCCOC(=O)[C@@H]1C2=C(NNS(C)(=O)=O)CC(c3ccc(O)cc32)[C@H]1C(=O)OCC[Si](C)(C)C. The van der Waals surface area contributed by atoms with Gasteiger partial charge in [0.2, 0.25) is 10.0 Å². The number of phenols is 1. The molecule has 4 rings (SSSR count). The highest BCUT2D eigenvalue weighted by Crippen LogP contribution is 2.55. The fourth-order valence-corrected chi connectivity index (χ4v) is 5.50. The Labute approximate surface area is 201 Å². The van der Waals surface area contributed by atoms with Crippen LogP contribution < -0.4 is 10.3 Å². The molecule has 0 aliphatic heterocycles. The Bertz CT molecular complexity index is 1100. The third-order valence-corrected chi connectivity index (χ3v) is 8.21. The Morgan fingerprint density at radius 1 is 1.15 bits per heavy atom. The second-order valence-electron chi connectivity index (χ2n) is 10.1. The quantitative estimate of drug-likeness (QED) is 0.249.